The van der Waals surface area contributed by atoms with Crippen molar-refractivity contribution in [2.45, 2.75) is 140 Å². The van der Waals surface area contributed by atoms with Gasteiger partial charge in [0.1, 0.15) is 11.5 Å². The van der Waals surface area contributed by atoms with Crippen LogP contribution in [0, 0.1) is 0 Å². The van der Waals surface area contributed by atoms with E-state index in [4.69, 9.17) is 0 Å². The molecule has 8 bridgehead atoms. The Bertz CT molecular complexity index is 1990. The first-order chi connectivity index (χ1) is 26.5. The summed E-state index contributed by atoms with van der Waals surface area (Å²) in [7, 11) is 7.08. The molecule has 8 heteroatoms. The Morgan fingerprint density at radius 2 is 0.603 bits per heavy atom. The van der Waals surface area contributed by atoms with Crippen LogP contribution < -0.4 is 0 Å². The molecule has 0 fully saturated rings. The molecule has 58 heavy (non-hydrogen) atoms. The number of carbonyl (C=O) groups is 2. The van der Waals surface area contributed by atoms with Crippen molar-refractivity contribution in [1.29, 1.82) is 0 Å². The second-order valence-corrected chi connectivity index (χ2v) is 22.7. The lowest BCUT2D eigenvalue weighted by Gasteiger charge is -2.28. The predicted octanol–water partition coefficient (Wildman–Crippen LogP) is 12.5. The zero-order valence-corrected chi connectivity index (χ0v) is 39.5. The molecule has 0 saturated carbocycles. The zero-order chi connectivity index (χ0) is 43.4. The molecule has 2 N–H and O–H groups in total. The number of phenolic OH excluding ortho intramolecular Hbond substituents is 2. The molecule has 0 aliphatic heterocycles. The molecule has 4 aromatic rings. The molecular formula is C50H66N2O4S2. The minimum Gasteiger partial charge on any atom is -0.507 e. The van der Waals surface area contributed by atoms with Crippen molar-refractivity contribution in [2.24, 2.45) is 0 Å². The zero-order valence-electron chi connectivity index (χ0n) is 37.9. The van der Waals surface area contributed by atoms with Gasteiger partial charge in [0, 0.05) is 63.7 Å². The Labute approximate surface area is 357 Å². The molecule has 4 aromatic carbocycles. The Kier molecular flexibility index (Phi) is 12.7. The number of hydrogen-bond donors (Lipinski definition) is 2. The third-order valence-electron chi connectivity index (χ3n) is 11.1. The fraction of sp³-hybridized carbons (Fsp3) is 0.480. The van der Waals surface area contributed by atoms with E-state index in [0.29, 0.717) is 25.7 Å². The van der Waals surface area contributed by atoms with Crippen LogP contribution in [0.5, 0.6) is 11.5 Å². The quantitative estimate of drug-likeness (QED) is 0.173. The summed E-state index contributed by atoms with van der Waals surface area (Å²) in [4.78, 5) is 32.2. The summed E-state index contributed by atoms with van der Waals surface area (Å²) in [5.74, 6) is 0.459. The van der Waals surface area contributed by atoms with Crippen molar-refractivity contribution < 1.29 is 19.8 Å². The highest BCUT2D eigenvalue weighted by molar-refractivity contribution is 8.13. The van der Waals surface area contributed by atoms with Gasteiger partial charge in [0.15, 0.2) is 0 Å². The largest absolute Gasteiger partial charge is 0.507 e. The topological polar surface area (TPSA) is 81.1 Å². The van der Waals surface area contributed by atoms with Gasteiger partial charge in [-0.25, -0.2) is 0 Å². The SMILES string of the molecule is CN(C)C(=O)Sc1c2cc(C(C)(C)C)cc1Cc1cc(C(C)(C)C)cc(c1O)Cc1cc(C(C)(C)C)cc(c1SC(=O)N(C)C)Cc1cc(C(C)(C)C)cc(c1O)C2. The Morgan fingerprint density at radius 1 is 0.414 bits per heavy atom. The lowest BCUT2D eigenvalue weighted by atomic mass is 9.79. The van der Waals surface area contributed by atoms with Gasteiger partial charge in [-0.1, -0.05) is 132 Å². The molecule has 0 spiro atoms. The van der Waals surface area contributed by atoms with Crippen LogP contribution in [-0.4, -0.2) is 58.7 Å². The maximum absolute atomic E-state index is 13.7. The number of thioether (sulfide) groups is 2. The summed E-state index contributed by atoms with van der Waals surface area (Å²) in [5.41, 5.74) is 10.5. The molecular weight excluding hydrogens is 757 g/mol. The smallest absolute Gasteiger partial charge is 0.285 e. The minimum atomic E-state index is -0.225. The normalized spacial score (nSPS) is 13.7. The van der Waals surface area contributed by atoms with E-state index in [2.05, 4.69) is 132 Å². The lowest BCUT2D eigenvalue weighted by molar-refractivity contribution is 0.240. The number of phenols is 2. The Hall–Kier alpha value is -3.88. The van der Waals surface area contributed by atoms with Crippen LogP contribution in [0.4, 0.5) is 9.59 Å². The highest BCUT2D eigenvalue weighted by Crippen LogP contribution is 2.44. The van der Waals surface area contributed by atoms with Gasteiger partial charge in [-0.05, 0) is 112 Å². The maximum Gasteiger partial charge on any atom is 0.285 e. The minimum absolute atomic E-state index is 0.0902. The average Bonchev–Trinajstić information content (AvgIpc) is 3.07. The number of hydrogen-bond acceptors (Lipinski definition) is 6. The summed E-state index contributed by atoms with van der Waals surface area (Å²) in [6, 6.07) is 17.3. The van der Waals surface area contributed by atoms with Crippen LogP contribution >= 0.6 is 23.5 Å². The van der Waals surface area contributed by atoms with Gasteiger partial charge >= 0.3 is 0 Å². The predicted molar refractivity (Wildman–Crippen MR) is 245 cm³/mol. The number of amides is 2. The number of nitrogens with zero attached hydrogens (tertiary/aromatic N) is 2. The second-order valence-electron chi connectivity index (χ2n) is 20.8. The number of benzene rings is 4. The average molecular weight is 823 g/mol. The molecule has 1 aliphatic rings. The van der Waals surface area contributed by atoms with E-state index in [9.17, 15) is 19.8 Å². The molecule has 2 amide bonds. The molecule has 0 saturated heterocycles. The van der Waals surface area contributed by atoms with E-state index in [1.165, 1.54) is 23.5 Å². The van der Waals surface area contributed by atoms with Crippen molar-refractivity contribution >= 4 is 34.0 Å². The Balaban J connectivity index is 1.99. The molecule has 6 nitrogen and oxygen atoms in total. The van der Waals surface area contributed by atoms with Crippen LogP contribution in [0.3, 0.4) is 0 Å². The highest BCUT2D eigenvalue weighted by Gasteiger charge is 2.29. The van der Waals surface area contributed by atoms with E-state index in [1.807, 2.05) is 0 Å². The summed E-state index contributed by atoms with van der Waals surface area (Å²) in [6.45, 7) is 26.3. The second kappa shape index (κ2) is 16.3. The molecule has 312 valence electrons. The summed E-state index contributed by atoms with van der Waals surface area (Å²) in [5, 5.41) is 24.7. The molecule has 0 heterocycles. The van der Waals surface area contributed by atoms with Crippen molar-refractivity contribution in [2.75, 3.05) is 28.2 Å². The lowest BCUT2D eigenvalue weighted by Crippen LogP contribution is -2.19. The van der Waals surface area contributed by atoms with Crippen LogP contribution in [-0.2, 0) is 47.3 Å². The van der Waals surface area contributed by atoms with Gasteiger partial charge in [-0.3, -0.25) is 9.59 Å². The molecule has 5 rings (SSSR count). The van der Waals surface area contributed by atoms with Gasteiger partial charge in [-0.15, -0.1) is 0 Å². The van der Waals surface area contributed by atoms with Gasteiger partial charge in [-0.2, -0.15) is 0 Å². The summed E-state index contributed by atoms with van der Waals surface area (Å²) >= 11 is 2.43. The molecule has 0 radical (unpaired) electrons. The highest BCUT2D eigenvalue weighted by atomic mass is 32.2. The summed E-state index contributed by atoms with van der Waals surface area (Å²) < 4.78 is 0. The number of fused-ring (bicyclic) bond motifs is 8. The molecule has 0 aromatic heterocycles. The van der Waals surface area contributed by atoms with Crippen LogP contribution in [0.1, 0.15) is 150 Å². The molecule has 0 atom stereocenters. The van der Waals surface area contributed by atoms with Crippen molar-refractivity contribution in [1.82, 2.24) is 9.80 Å². The van der Waals surface area contributed by atoms with Crippen molar-refractivity contribution in [3.05, 3.63) is 115 Å². The fourth-order valence-corrected chi connectivity index (χ4v) is 9.03. The van der Waals surface area contributed by atoms with Crippen molar-refractivity contribution in [3.63, 3.8) is 0 Å². The van der Waals surface area contributed by atoms with Crippen LogP contribution in [0.2, 0.25) is 0 Å². The van der Waals surface area contributed by atoms with Gasteiger partial charge in [0.25, 0.3) is 10.5 Å². The van der Waals surface area contributed by atoms with Crippen molar-refractivity contribution in [3.8, 4) is 11.5 Å². The third kappa shape index (κ3) is 10.1. The first-order valence-electron chi connectivity index (χ1n) is 20.4. The number of carbonyl (C=O) groups excluding carboxylic acids is 2. The fourth-order valence-electron chi connectivity index (χ4n) is 7.27. The van der Waals surface area contributed by atoms with Gasteiger partial charge in [0.05, 0.1) is 0 Å². The third-order valence-corrected chi connectivity index (χ3v) is 13.7. The van der Waals surface area contributed by atoms with E-state index in [-0.39, 0.29) is 43.6 Å². The molecule has 1 aliphatic carbocycles. The van der Waals surface area contributed by atoms with E-state index in [1.54, 1.807) is 38.0 Å². The standard InChI is InChI=1S/C50H66N2O4S2/c1-47(2,3)37-21-29-17-33-25-39(49(7,8)9)27-35(43(33)57-45(55)51(13)14)19-31-23-38(48(4,5)6)24-32(42(31)54)20-36-28-40(50(10,11)12)26-34(18-30(22-37)41(29)53)44(36)58-46(56)52(15)16/h21-28,53-54H,17-20H2,1-16H3. The first kappa shape index (κ1) is 45.2. The number of aromatic hydroxyl groups is 2. The summed E-state index contributed by atoms with van der Waals surface area (Å²) in [6.07, 6.45) is 1.60. The Morgan fingerprint density at radius 3 is 0.776 bits per heavy atom. The maximum atomic E-state index is 13.7. The van der Waals surface area contributed by atoms with Crippen LogP contribution in [0.15, 0.2) is 58.3 Å². The van der Waals surface area contributed by atoms with E-state index in [0.717, 1.165) is 76.6 Å². The molecule has 0 unspecified atom stereocenters. The number of rotatable bonds is 2. The van der Waals surface area contributed by atoms with E-state index >= 15 is 0 Å². The first-order valence-corrected chi connectivity index (χ1v) is 22.0. The van der Waals surface area contributed by atoms with E-state index < -0.39 is 0 Å². The van der Waals surface area contributed by atoms with Gasteiger partial charge < -0.3 is 20.0 Å². The monoisotopic (exact) mass is 822 g/mol. The van der Waals surface area contributed by atoms with Crippen LogP contribution in [0.25, 0.3) is 0 Å². The van der Waals surface area contributed by atoms with Gasteiger partial charge in [0.2, 0.25) is 0 Å².